The minimum Gasteiger partial charge on any atom is -0.334 e. The van der Waals surface area contributed by atoms with Gasteiger partial charge in [-0.2, -0.15) is 4.98 Å². The molecule has 0 atom stereocenters. The van der Waals surface area contributed by atoms with E-state index in [1.54, 1.807) is 12.4 Å². The third-order valence-corrected chi connectivity index (χ3v) is 2.97. The van der Waals surface area contributed by atoms with Gasteiger partial charge in [-0.05, 0) is 42.8 Å². The van der Waals surface area contributed by atoms with Crippen molar-refractivity contribution in [1.29, 1.82) is 0 Å². The molecule has 0 saturated carbocycles. The maximum Gasteiger partial charge on any atom is 0.258 e. The van der Waals surface area contributed by atoms with Gasteiger partial charge < -0.3 is 10.3 Å². The maximum atomic E-state index is 5.57. The minimum atomic E-state index is 0.510. The van der Waals surface area contributed by atoms with Gasteiger partial charge in [-0.1, -0.05) is 17.3 Å². The van der Waals surface area contributed by atoms with Crippen molar-refractivity contribution in [2.45, 2.75) is 6.42 Å². The van der Waals surface area contributed by atoms with Crippen molar-refractivity contribution in [3.8, 4) is 22.8 Å². The topological polar surface area (TPSA) is 77.8 Å². The number of hydrogen-bond acceptors (Lipinski definition) is 5. The van der Waals surface area contributed by atoms with Gasteiger partial charge in [-0.25, -0.2) is 0 Å². The zero-order valence-corrected chi connectivity index (χ0v) is 10.9. The predicted molar refractivity (Wildman–Crippen MR) is 75.7 cm³/mol. The first-order chi connectivity index (χ1) is 9.86. The van der Waals surface area contributed by atoms with Crippen molar-refractivity contribution < 1.29 is 4.52 Å². The highest BCUT2D eigenvalue weighted by molar-refractivity contribution is 5.59. The van der Waals surface area contributed by atoms with Crippen LogP contribution in [-0.4, -0.2) is 21.7 Å². The van der Waals surface area contributed by atoms with Gasteiger partial charge >= 0.3 is 0 Å². The lowest BCUT2D eigenvalue weighted by molar-refractivity contribution is 0.432. The van der Waals surface area contributed by atoms with Crippen LogP contribution in [0.3, 0.4) is 0 Å². The summed E-state index contributed by atoms with van der Waals surface area (Å²) < 4.78 is 5.33. The Hall–Kier alpha value is -2.53. The van der Waals surface area contributed by atoms with Crippen molar-refractivity contribution in [3.05, 3.63) is 54.4 Å². The zero-order chi connectivity index (χ0) is 13.8. The summed E-state index contributed by atoms with van der Waals surface area (Å²) in [5.41, 5.74) is 8.52. The molecular weight excluding hydrogens is 252 g/mol. The molecule has 0 radical (unpaired) electrons. The van der Waals surface area contributed by atoms with Gasteiger partial charge in [0.1, 0.15) is 0 Å². The first-order valence-electron chi connectivity index (χ1n) is 6.40. The number of pyridine rings is 1. The molecule has 0 unspecified atom stereocenters. The second-order valence-electron chi connectivity index (χ2n) is 4.40. The molecule has 0 spiro atoms. The van der Waals surface area contributed by atoms with E-state index >= 15 is 0 Å². The van der Waals surface area contributed by atoms with Crippen molar-refractivity contribution in [1.82, 2.24) is 15.1 Å². The second kappa shape index (κ2) is 5.63. The summed E-state index contributed by atoms with van der Waals surface area (Å²) in [7, 11) is 0. The molecule has 20 heavy (non-hydrogen) atoms. The first-order valence-corrected chi connectivity index (χ1v) is 6.40. The van der Waals surface area contributed by atoms with Gasteiger partial charge in [0, 0.05) is 23.5 Å². The van der Waals surface area contributed by atoms with Gasteiger partial charge in [0.2, 0.25) is 5.82 Å². The highest BCUT2D eigenvalue weighted by atomic mass is 16.5. The van der Waals surface area contributed by atoms with Crippen molar-refractivity contribution >= 4 is 0 Å². The van der Waals surface area contributed by atoms with E-state index in [-0.39, 0.29) is 0 Å². The number of aromatic nitrogens is 3. The summed E-state index contributed by atoms with van der Waals surface area (Å²) in [6.07, 6.45) is 4.24. The molecule has 0 bridgehead atoms. The molecule has 2 aromatic heterocycles. The average molecular weight is 266 g/mol. The second-order valence-corrected chi connectivity index (χ2v) is 4.40. The lowest BCUT2D eigenvalue weighted by Gasteiger charge is -1.99. The van der Waals surface area contributed by atoms with Crippen LogP contribution >= 0.6 is 0 Å². The Morgan fingerprint density at radius 2 is 1.90 bits per heavy atom. The third-order valence-electron chi connectivity index (χ3n) is 2.97. The Labute approximate surface area is 116 Å². The van der Waals surface area contributed by atoms with E-state index in [9.17, 15) is 0 Å². The molecule has 2 N–H and O–H groups in total. The number of rotatable bonds is 4. The highest BCUT2D eigenvalue weighted by Crippen LogP contribution is 2.22. The quantitative estimate of drug-likeness (QED) is 0.784. The van der Waals surface area contributed by atoms with Crippen LogP contribution in [0.5, 0.6) is 0 Å². The Kier molecular flexibility index (Phi) is 3.52. The number of benzene rings is 1. The van der Waals surface area contributed by atoms with Gasteiger partial charge in [-0.15, -0.1) is 0 Å². The normalized spacial score (nSPS) is 10.7. The lowest BCUT2D eigenvalue weighted by atomic mass is 10.1. The van der Waals surface area contributed by atoms with E-state index in [0.29, 0.717) is 18.3 Å². The Morgan fingerprint density at radius 3 is 2.70 bits per heavy atom. The Balaban J connectivity index is 1.92. The molecule has 0 amide bonds. The van der Waals surface area contributed by atoms with Crippen molar-refractivity contribution in [2.75, 3.05) is 6.54 Å². The summed E-state index contributed by atoms with van der Waals surface area (Å²) in [5, 5.41) is 4.00. The molecule has 1 aromatic carbocycles. The standard InChI is InChI=1S/C15H14N4O/c16-7-4-11-2-1-3-13(10-11)15-18-14(19-20-15)12-5-8-17-9-6-12/h1-3,5-6,8-10H,4,7,16H2. The summed E-state index contributed by atoms with van der Waals surface area (Å²) >= 11 is 0. The predicted octanol–water partition coefficient (Wildman–Crippen LogP) is 2.30. The highest BCUT2D eigenvalue weighted by Gasteiger charge is 2.10. The van der Waals surface area contributed by atoms with Crippen LogP contribution in [0.4, 0.5) is 0 Å². The molecule has 0 aliphatic rings. The molecular formula is C15H14N4O. The molecule has 5 nitrogen and oxygen atoms in total. The van der Waals surface area contributed by atoms with Crippen LogP contribution in [0, 0.1) is 0 Å². The smallest absolute Gasteiger partial charge is 0.258 e. The average Bonchev–Trinajstić information content (AvgIpc) is 2.99. The zero-order valence-electron chi connectivity index (χ0n) is 10.9. The Morgan fingerprint density at radius 1 is 1.05 bits per heavy atom. The van der Waals surface area contributed by atoms with Crippen LogP contribution in [0.2, 0.25) is 0 Å². The summed E-state index contributed by atoms with van der Waals surface area (Å²) in [5.74, 6) is 1.07. The maximum absolute atomic E-state index is 5.57. The SMILES string of the molecule is NCCc1cccc(-c2nc(-c3ccncc3)no2)c1. The van der Waals surface area contributed by atoms with E-state index in [2.05, 4.69) is 15.1 Å². The van der Waals surface area contributed by atoms with Crippen LogP contribution in [0.1, 0.15) is 5.56 Å². The van der Waals surface area contributed by atoms with Gasteiger partial charge in [-0.3, -0.25) is 4.98 Å². The number of nitrogens with two attached hydrogens (primary N) is 1. The fourth-order valence-electron chi connectivity index (χ4n) is 1.99. The van der Waals surface area contributed by atoms with Crippen LogP contribution in [0.25, 0.3) is 22.8 Å². The monoisotopic (exact) mass is 266 g/mol. The molecule has 2 heterocycles. The first kappa shape index (κ1) is 12.5. The van der Waals surface area contributed by atoms with Gasteiger partial charge in [0.05, 0.1) is 0 Å². The largest absolute Gasteiger partial charge is 0.334 e. The molecule has 100 valence electrons. The lowest BCUT2D eigenvalue weighted by Crippen LogP contribution is -2.02. The van der Waals surface area contributed by atoms with Crippen molar-refractivity contribution in [2.24, 2.45) is 5.73 Å². The fourth-order valence-corrected chi connectivity index (χ4v) is 1.99. The van der Waals surface area contributed by atoms with Gasteiger partial charge in [0.25, 0.3) is 5.89 Å². The molecule has 5 heteroatoms. The van der Waals surface area contributed by atoms with E-state index in [0.717, 1.165) is 23.1 Å². The van der Waals surface area contributed by atoms with Crippen LogP contribution in [-0.2, 0) is 6.42 Å². The van der Waals surface area contributed by atoms with Gasteiger partial charge in [0.15, 0.2) is 0 Å². The summed E-state index contributed by atoms with van der Waals surface area (Å²) in [4.78, 5) is 8.39. The number of hydrogen-bond donors (Lipinski definition) is 1. The summed E-state index contributed by atoms with van der Waals surface area (Å²) in [6, 6.07) is 11.7. The van der Waals surface area contributed by atoms with Crippen LogP contribution < -0.4 is 5.73 Å². The molecule has 0 aliphatic carbocycles. The third kappa shape index (κ3) is 2.57. The van der Waals surface area contributed by atoms with Crippen molar-refractivity contribution in [3.63, 3.8) is 0 Å². The Bertz CT molecular complexity index is 694. The van der Waals surface area contributed by atoms with E-state index in [4.69, 9.17) is 10.3 Å². The van der Waals surface area contributed by atoms with E-state index in [1.807, 2.05) is 36.4 Å². The van der Waals surface area contributed by atoms with E-state index < -0.39 is 0 Å². The molecule has 3 rings (SSSR count). The minimum absolute atomic E-state index is 0.510. The number of nitrogens with zero attached hydrogens (tertiary/aromatic N) is 3. The molecule has 0 saturated heterocycles. The van der Waals surface area contributed by atoms with E-state index in [1.165, 1.54) is 0 Å². The summed E-state index contributed by atoms with van der Waals surface area (Å²) in [6.45, 7) is 0.621. The molecule has 0 aliphatic heterocycles. The fraction of sp³-hybridized carbons (Fsp3) is 0.133. The van der Waals surface area contributed by atoms with Crippen LogP contribution in [0.15, 0.2) is 53.3 Å². The molecule has 0 fully saturated rings. The molecule has 3 aromatic rings.